The SMILES string of the molecule is Cc1noc(CNCc2cc(Cl)cs2)n1. The minimum absolute atomic E-state index is 0.580. The summed E-state index contributed by atoms with van der Waals surface area (Å²) in [5.41, 5.74) is 0. The molecule has 0 aliphatic heterocycles. The van der Waals surface area contributed by atoms with Crippen LogP contribution in [0.15, 0.2) is 16.0 Å². The minimum Gasteiger partial charge on any atom is -0.338 e. The summed E-state index contributed by atoms with van der Waals surface area (Å²) in [6, 6.07) is 1.94. The molecule has 0 amide bonds. The zero-order valence-electron chi connectivity index (χ0n) is 8.16. The lowest BCUT2D eigenvalue weighted by Crippen LogP contribution is -2.11. The van der Waals surface area contributed by atoms with Crippen molar-refractivity contribution in [1.82, 2.24) is 15.5 Å². The number of thiophene rings is 1. The molecule has 15 heavy (non-hydrogen) atoms. The maximum absolute atomic E-state index is 5.80. The summed E-state index contributed by atoms with van der Waals surface area (Å²) < 4.78 is 4.96. The second-order valence-corrected chi connectivity index (χ2v) is 4.50. The number of nitrogens with one attached hydrogen (secondary N) is 1. The van der Waals surface area contributed by atoms with Crippen LogP contribution in [-0.2, 0) is 13.1 Å². The van der Waals surface area contributed by atoms with E-state index in [-0.39, 0.29) is 0 Å². The first-order valence-electron chi connectivity index (χ1n) is 4.47. The molecule has 0 bridgehead atoms. The van der Waals surface area contributed by atoms with Crippen LogP contribution < -0.4 is 5.32 Å². The number of halogens is 1. The molecule has 0 saturated heterocycles. The summed E-state index contributed by atoms with van der Waals surface area (Å²) in [4.78, 5) is 5.28. The van der Waals surface area contributed by atoms with Crippen molar-refractivity contribution in [2.45, 2.75) is 20.0 Å². The molecule has 2 rings (SSSR count). The van der Waals surface area contributed by atoms with E-state index in [1.54, 1.807) is 18.3 Å². The highest BCUT2D eigenvalue weighted by Crippen LogP contribution is 2.18. The van der Waals surface area contributed by atoms with Gasteiger partial charge >= 0.3 is 0 Å². The second kappa shape index (κ2) is 4.74. The maximum atomic E-state index is 5.80. The van der Waals surface area contributed by atoms with Gasteiger partial charge in [0, 0.05) is 16.8 Å². The van der Waals surface area contributed by atoms with Gasteiger partial charge in [0.2, 0.25) is 5.89 Å². The number of nitrogens with zero attached hydrogens (tertiary/aromatic N) is 2. The van der Waals surface area contributed by atoms with E-state index in [0.717, 1.165) is 11.6 Å². The summed E-state index contributed by atoms with van der Waals surface area (Å²) >= 11 is 7.43. The van der Waals surface area contributed by atoms with E-state index in [2.05, 4.69) is 15.5 Å². The van der Waals surface area contributed by atoms with Crippen molar-refractivity contribution in [2.75, 3.05) is 0 Å². The standard InChI is InChI=1S/C9H10ClN3OS/c1-6-12-9(14-13-6)4-11-3-8-2-7(10)5-15-8/h2,5,11H,3-4H2,1H3. The van der Waals surface area contributed by atoms with Gasteiger partial charge in [-0.15, -0.1) is 11.3 Å². The maximum Gasteiger partial charge on any atom is 0.240 e. The van der Waals surface area contributed by atoms with Crippen molar-refractivity contribution in [1.29, 1.82) is 0 Å². The Morgan fingerprint density at radius 2 is 2.40 bits per heavy atom. The number of aryl methyl sites for hydroxylation is 1. The van der Waals surface area contributed by atoms with Gasteiger partial charge < -0.3 is 9.84 Å². The minimum atomic E-state index is 0.580. The van der Waals surface area contributed by atoms with Crippen molar-refractivity contribution >= 4 is 22.9 Å². The van der Waals surface area contributed by atoms with E-state index in [0.29, 0.717) is 18.3 Å². The summed E-state index contributed by atoms with van der Waals surface area (Å²) in [5.74, 6) is 1.26. The first-order valence-corrected chi connectivity index (χ1v) is 5.72. The summed E-state index contributed by atoms with van der Waals surface area (Å²) in [6.07, 6.45) is 0. The molecule has 0 unspecified atom stereocenters. The second-order valence-electron chi connectivity index (χ2n) is 3.07. The Labute approximate surface area is 96.3 Å². The fraction of sp³-hybridized carbons (Fsp3) is 0.333. The van der Waals surface area contributed by atoms with Gasteiger partial charge in [0.15, 0.2) is 5.82 Å². The lowest BCUT2D eigenvalue weighted by Gasteiger charge is -1.97. The molecule has 0 aromatic carbocycles. The summed E-state index contributed by atoms with van der Waals surface area (Å²) in [5, 5.41) is 9.60. The Kier molecular flexibility index (Phi) is 3.35. The molecule has 0 aliphatic rings. The van der Waals surface area contributed by atoms with Gasteiger partial charge in [0.1, 0.15) is 0 Å². The number of rotatable bonds is 4. The molecule has 0 saturated carbocycles. The molecule has 0 aliphatic carbocycles. The molecule has 2 aromatic rings. The molecule has 0 fully saturated rings. The molecule has 0 spiro atoms. The van der Waals surface area contributed by atoms with Crippen molar-refractivity contribution in [2.24, 2.45) is 0 Å². The Morgan fingerprint density at radius 3 is 3.00 bits per heavy atom. The number of aromatic nitrogens is 2. The van der Waals surface area contributed by atoms with Crippen LogP contribution >= 0.6 is 22.9 Å². The van der Waals surface area contributed by atoms with Crippen LogP contribution in [0.3, 0.4) is 0 Å². The number of hydrogen-bond acceptors (Lipinski definition) is 5. The van der Waals surface area contributed by atoms with E-state index in [4.69, 9.17) is 16.1 Å². The molecule has 4 nitrogen and oxygen atoms in total. The largest absolute Gasteiger partial charge is 0.338 e. The van der Waals surface area contributed by atoms with Crippen molar-refractivity contribution in [3.8, 4) is 0 Å². The van der Waals surface area contributed by atoms with E-state index < -0.39 is 0 Å². The zero-order chi connectivity index (χ0) is 10.7. The third kappa shape index (κ3) is 3.02. The molecule has 2 aromatic heterocycles. The van der Waals surface area contributed by atoms with Gasteiger partial charge in [-0.1, -0.05) is 16.8 Å². The van der Waals surface area contributed by atoms with E-state index >= 15 is 0 Å². The van der Waals surface area contributed by atoms with Gasteiger partial charge in [-0.05, 0) is 13.0 Å². The lowest BCUT2D eigenvalue weighted by molar-refractivity contribution is 0.364. The Morgan fingerprint density at radius 1 is 1.53 bits per heavy atom. The van der Waals surface area contributed by atoms with Gasteiger partial charge in [-0.25, -0.2) is 0 Å². The van der Waals surface area contributed by atoms with Crippen LogP contribution in [0.2, 0.25) is 5.02 Å². The summed E-state index contributed by atoms with van der Waals surface area (Å²) in [6.45, 7) is 3.14. The predicted molar refractivity (Wildman–Crippen MR) is 58.9 cm³/mol. The molecule has 0 radical (unpaired) electrons. The quantitative estimate of drug-likeness (QED) is 0.896. The molecule has 2 heterocycles. The highest BCUT2D eigenvalue weighted by atomic mass is 35.5. The molecule has 0 atom stereocenters. The smallest absolute Gasteiger partial charge is 0.240 e. The van der Waals surface area contributed by atoms with Crippen molar-refractivity contribution < 1.29 is 4.52 Å². The fourth-order valence-electron chi connectivity index (χ4n) is 1.15. The normalized spacial score (nSPS) is 10.8. The van der Waals surface area contributed by atoms with E-state index in [9.17, 15) is 0 Å². The fourth-order valence-corrected chi connectivity index (χ4v) is 2.19. The molecule has 6 heteroatoms. The molecular weight excluding hydrogens is 234 g/mol. The Bertz CT molecular complexity index is 400. The Hall–Kier alpha value is -0.910. The van der Waals surface area contributed by atoms with Crippen LogP contribution in [-0.4, -0.2) is 10.1 Å². The van der Waals surface area contributed by atoms with Gasteiger partial charge in [0.25, 0.3) is 0 Å². The van der Waals surface area contributed by atoms with Gasteiger partial charge in [-0.3, -0.25) is 0 Å². The van der Waals surface area contributed by atoms with Crippen molar-refractivity contribution in [3.63, 3.8) is 0 Å². The average Bonchev–Trinajstić information content (AvgIpc) is 2.76. The van der Waals surface area contributed by atoms with Crippen LogP contribution in [0.4, 0.5) is 0 Å². The topological polar surface area (TPSA) is 51.0 Å². The first-order chi connectivity index (χ1) is 7.24. The van der Waals surface area contributed by atoms with Crippen LogP contribution in [0, 0.1) is 6.92 Å². The third-order valence-electron chi connectivity index (χ3n) is 1.77. The zero-order valence-corrected chi connectivity index (χ0v) is 9.73. The number of hydrogen-bond donors (Lipinski definition) is 1. The lowest BCUT2D eigenvalue weighted by atomic mass is 10.4. The van der Waals surface area contributed by atoms with Crippen LogP contribution in [0.5, 0.6) is 0 Å². The average molecular weight is 244 g/mol. The third-order valence-corrected chi connectivity index (χ3v) is 3.05. The van der Waals surface area contributed by atoms with Crippen LogP contribution in [0.1, 0.15) is 16.6 Å². The van der Waals surface area contributed by atoms with E-state index in [1.807, 2.05) is 11.4 Å². The molecule has 80 valence electrons. The van der Waals surface area contributed by atoms with E-state index in [1.165, 1.54) is 4.88 Å². The highest BCUT2D eigenvalue weighted by Gasteiger charge is 2.02. The first kappa shape index (κ1) is 10.6. The van der Waals surface area contributed by atoms with Crippen LogP contribution in [0.25, 0.3) is 0 Å². The van der Waals surface area contributed by atoms with Gasteiger partial charge in [-0.2, -0.15) is 4.98 Å². The summed E-state index contributed by atoms with van der Waals surface area (Å²) in [7, 11) is 0. The van der Waals surface area contributed by atoms with Gasteiger partial charge in [0.05, 0.1) is 11.6 Å². The highest BCUT2D eigenvalue weighted by molar-refractivity contribution is 7.10. The van der Waals surface area contributed by atoms with Crippen molar-refractivity contribution in [3.05, 3.63) is 33.1 Å². The predicted octanol–water partition coefficient (Wildman–Crippen LogP) is 2.38. The molecule has 1 N–H and O–H groups in total. The Balaban J connectivity index is 1.80. The molecular formula is C9H10ClN3OS. The monoisotopic (exact) mass is 243 g/mol.